The zero-order valence-electron chi connectivity index (χ0n) is 8.70. The number of ether oxygens (including phenoxy) is 1. The van der Waals surface area contributed by atoms with Crippen LogP contribution in [0.15, 0.2) is 35.2 Å². The SMILES string of the molecule is O=C(CSc1ccccc1)OCC(O)CO. The van der Waals surface area contributed by atoms with Gasteiger partial charge in [-0.2, -0.15) is 0 Å². The molecule has 1 atom stereocenters. The highest BCUT2D eigenvalue weighted by Gasteiger charge is 2.07. The molecule has 0 bridgehead atoms. The van der Waals surface area contributed by atoms with E-state index in [2.05, 4.69) is 0 Å². The lowest BCUT2D eigenvalue weighted by Gasteiger charge is -2.08. The van der Waals surface area contributed by atoms with Crippen molar-refractivity contribution in [3.05, 3.63) is 30.3 Å². The molecule has 16 heavy (non-hydrogen) atoms. The molecule has 1 unspecified atom stereocenters. The highest BCUT2D eigenvalue weighted by molar-refractivity contribution is 8.00. The molecule has 0 radical (unpaired) electrons. The molecule has 0 aliphatic heterocycles. The summed E-state index contributed by atoms with van der Waals surface area (Å²) in [6, 6.07) is 9.49. The number of rotatable bonds is 6. The van der Waals surface area contributed by atoms with E-state index in [1.807, 2.05) is 30.3 Å². The van der Waals surface area contributed by atoms with Gasteiger partial charge in [-0.3, -0.25) is 4.79 Å². The van der Waals surface area contributed by atoms with Gasteiger partial charge in [0, 0.05) is 4.90 Å². The minimum atomic E-state index is -0.995. The lowest BCUT2D eigenvalue weighted by Crippen LogP contribution is -2.22. The van der Waals surface area contributed by atoms with Crippen molar-refractivity contribution in [3.63, 3.8) is 0 Å². The second kappa shape index (κ2) is 7.27. The number of hydrogen-bond acceptors (Lipinski definition) is 5. The smallest absolute Gasteiger partial charge is 0.316 e. The molecule has 1 rings (SSSR count). The molecular weight excluding hydrogens is 228 g/mol. The zero-order chi connectivity index (χ0) is 11.8. The predicted molar refractivity (Wildman–Crippen MR) is 61.2 cm³/mol. The van der Waals surface area contributed by atoms with Gasteiger partial charge >= 0.3 is 5.97 Å². The molecule has 0 spiro atoms. The molecule has 0 aromatic heterocycles. The lowest BCUT2D eigenvalue weighted by molar-refractivity contribution is -0.144. The number of esters is 1. The van der Waals surface area contributed by atoms with Crippen molar-refractivity contribution < 1.29 is 19.7 Å². The van der Waals surface area contributed by atoms with E-state index in [-0.39, 0.29) is 12.4 Å². The van der Waals surface area contributed by atoms with E-state index in [9.17, 15) is 4.79 Å². The number of carbonyl (C=O) groups excluding carboxylic acids is 1. The third-order valence-corrected chi connectivity index (χ3v) is 2.73. The van der Waals surface area contributed by atoms with Crippen LogP contribution in [-0.4, -0.2) is 41.3 Å². The second-order valence-corrected chi connectivity index (χ2v) is 4.17. The molecule has 0 aliphatic carbocycles. The summed E-state index contributed by atoms with van der Waals surface area (Å²) in [5.41, 5.74) is 0. The van der Waals surface area contributed by atoms with Crippen LogP contribution in [0.2, 0.25) is 0 Å². The molecule has 4 nitrogen and oxygen atoms in total. The number of thioether (sulfide) groups is 1. The van der Waals surface area contributed by atoms with Gasteiger partial charge in [0.2, 0.25) is 0 Å². The molecule has 0 aliphatic rings. The van der Waals surface area contributed by atoms with Crippen molar-refractivity contribution >= 4 is 17.7 Å². The quantitative estimate of drug-likeness (QED) is 0.567. The standard InChI is InChI=1S/C11H14O4S/c12-6-9(13)7-15-11(14)8-16-10-4-2-1-3-5-10/h1-5,9,12-13H,6-8H2. The van der Waals surface area contributed by atoms with Crippen molar-refractivity contribution in [2.45, 2.75) is 11.0 Å². The largest absolute Gasteiger partial charge is 0.462 e. The normalized spacial score (nSPS) is 12.1. The summed E-state index contributed by atoms with van der Waals surface area (Å²) >= 11 is 1.37. The molecule has 5 heteroatoms. The van der Waals surface area contributed by atoms with Crippen LogP contribution in [0.5, 0.6) is 0 Å². The Balaban J connectivity index is 2.20. The monoisotopic (exact) mass is 242 g/mol. The van der Waals surface area contributed by atoms with Crippen LogP contribution in [0.4, 0.5) is 0 Å². The highest BCUT2D eigenvalue weighted by Crippen LogP contribution is 2.16. The average molecular weight is 242 g/mol. The highest BCUT2D eigenvalue weighted by atomic mass is 32.2. The molecular formula is C11H14O4S. The molecule has 0 saturated carbocycles. The van der Waals surface area contributed by atoms with Gasteiger partial charge in [-0.15, -0.1) is 11.8 Å². The van der Waals surface area contributed by atoms with Crippen molar-refractivity contribution in [1.82, 2.24) is 0 Å². The van der Waals surface area contributed by atoms with Gasteiger partial charge < -0.3 is 14.9 Å². The van der Waals surface area contributed by atoms with Crippen LogP contribution in [-0.2, 0) is 9.53 Å². The van der Waals surface area contributed by atoms with Gasteiger partial charge in [0.15, 0.2) is 0 Å². The summed E-state index contributed by atoms with van der Waals surface area (Å²) in [6.07, 6.45) is -0.995. The van der Waals surface area contributed by atoms with E-state index in [1.54, 1.807) is 0 Å². The fourth-order valence-electron chi connectivity index (χ4n) is 0.942. The summed E-state index contributed by atoms with van der Waals surface area (Å²) in [6.45, 7) is -0.566. The van der Waals surface area contributed by atoms with Crippen molar-refractivity contribution in [1.29, 1.82) is 0 Å². The Kier molecular flexibility index (Phi) is 5.92. The average Bonchev–Trinajstić information content (AvgIpc) is 2.34. The van der Waals surface area contributed by atoms with Gasteiger partial charge in [0.25, 0.3) is 0 Å². The molecule has 88 valence electrons. The zero-order valence-corrected chi connectivity index (χ0v) is 9.52. The van der Waals surface area contributed by atoms with Gasteiger partial charge in [0.05, 0.1) is 12.4 Å². The molecule has 2 N–H and O–H groups in total. The first kappa shape index (κ1) is 13.0. The van der Waals surface area contributed by atoms with Crippen molar-refractivity contribution in [2.24, 2.45) is 0 Å². The summed E-state index contributed by atoms with van der Waals surface area (Å²) in [7, 11) is 0. The first-order chi connectivity index (χ1) is 7.72. The Labute approximate surface area is 98.2 Å². The number of aliphatic hydroxyl groups is 2. The number of aliphatic hydroxyl groups excluding tert-OH is 2. The van der Waals surface area contributed by atoms with E-state index in [0.29, 0.717) is 0 Å². The van der Waals surface area contributed by atoms with Gasteiger partial charge in [-0.05, 0) is 12.1 Å². The number of benzene rings is 1. The van der Waals surface area contributed by atoms with Crippen molar-refractivity contribution in [3.8, 4) is 0 Å². The molecule has 0 amide bonds. The molecule has 0 saturated heterocycles. The predicted octanol–water partition coefficient (Wildman–Crippen LogP) is 0.675. The van der Waals surface area contributed by atoms with Crippen molar-refractivity contribution in [2.75, 3.05) is 19.0 Å². The number of carbonyl (C=O) groups is 1. The van der Waals surface area contributed by atoms with Crippen LogP contribution in [0.3, 0.4) is 0 Å². The number of hydrogen-bond donors (Lipinski definition) is 2. The Bertz CT molecular complexity index is 315. The Hall–Kier alpha value is -1.04. The minimum Gasteiger partial charge on any atom is -0.462 e. The van der Waals surface area contributed by atoms with Crippen LogP contribution in [0, 0.1) is 0 Å². The van der Waals surface area contributed by atoms with E-state index in [0.717, 1.165) is 4.90 Å². The van der Waals surface area contributed by atoms with E-state index in [4.69, 9.17) is 14.9 Å². The third-order valence-electron chi connectivity index (χ3n) is 1.75. The first-order valence-corrected chi connectivity index (χ1v) is 5.83. The Morgan fingerprint density at radius 2 is 2.06 bits per heavy atom. The van der Waals surface area contributed by atoms with Crippen LogP contribution < -0.4 is 0 Å². The molecule has 1 aromatic carbocycles. The van der Waals surface area contributed by atoms with E-state index >= 15 is 0 Å². The Morgan fingerprint density at radius 1 is 1.38 bits per heavy atom. The van der Waals surface area contributed by atoms with Gasteiger partial charge in [-0.25, -0.2) is 0 Å². The van der Waals surface area contributed by atoms with Gasteiger partial charge in [-0.1, -0.05) is 18.2 Å². The van der Waals surface area contributed by atoms with Crippen LogP contribution >= 0.6 is 11.8 Å². The summed E-state index contributed by atoms with van der Waals surface area (Å²) in [5, 5.41) is 17.5. The topological polar surface area (TPSA) is 66.8 Å². The Morgan fingerprint density at radius 3 is 2.69 bits per heavy atom. The second-order valence-electron chi connectivity index (χ2n) is 3.12. The molecule has 0 heterocycles. The van der Waals surface area contributed by atoms with Crippen LogP contribution in [0.1, 0.15) is 0 Å². The van der Waals surface area contributed by atoms with Gasteiger partial charge in [0.1, 0.15) is 12.7 Å². The minimum absolute atomic E-state index is 0.162. The lowest BCUT2D eigenvalue weighted by atomic mass is 10.4. The van der Waals surface area contributed by atoms with E-state index < -0.39 is 18.7 Å². The summed E-state index contributed by atoms with van der Waals surface area (Å²) in [5.74, 6) is -0.205. The molecule has 1 aromatic rings. The fourth-order valence-corrected chi connectivity index (χ4v) is 1.66. The fraction of sp³-hybridized carbons (Fsp3) is 0.364. The maximum absolute atomic E-state index is 11.2. The maximum atomic E-state index is 11.2. The van der Waals surface area contributed by atoms with E-state index in [1.165, 1.54) is 11.8 Å². The molecule has 0 fully saturated rings. The summed E-state index contributed by atoms with van der Waals surface area (Å²) in [4.78, 5) is 12.2. The van der Waals surface area contributed by atoms with Crippen LogP contribution in [0.25, 0.3) is 0 Å². The summed E-state index contributed by atoms with van der Waals surface area (Å²) < 4.78 is 4.75. The maximum Gasteiger partial charge on any atom is 0.316 e. The third kappa shape index (κ3) is 5.16. The first-order valence-electron chi connectivity index (χ1n) is 4.84.